The number of hydrogen-bond donors (Lipinski definition) is 1. The number of anilines is 1. The van der Waals surface area contributed by atoms with Crippen molar-refractivity contribution in [1.82, 2.24) is 5.32 Å². The fourth-order valence-corrected chi connectivity index (χ4v) is 3.26. The van der Waals surface area contributed by atoms with Crippen LogP contribution in [0.4, 0.5) is 32.0 Å². The predicted octanol–water partition coefficient (Wildman–Crippen LogP) is 3.74. The van der Waals surface area contributed by atoms with Gasteiger partial charge in [0, 0.05) is 37.1 Å². The van der Waals surface area contributed by atoms with Crippen molar-refractivity contribution in [1.29, 1.82) is 0 Å². The topological polar surface area (TPSA) is 49.4 Å². The van der Waals surface area contributed by atoms with Crippen LogP contribution in [0.3, 0.4) is 0 Å². The van der Waals surface area contributed by atoms with Gasteiger partial charge in [0.05, 0.1) is 11.3 Å². The number of fused-ring (bicyclic) bond motifs is 1. The Kier molecular flexibility index (Phi) is 5.09. The molecule has 0 atom stereocenters. The van der Waals surface area contributed by atoms with Crippen LogP contribution in [-0.2, 0) is 0 Å². The number of nitrogens with one attached hydrogen (secondary N) is 1. The smallest absolute Gasteiger partial charge is 0.368 e. The third-order valence-electron chi connectivity index (χ3n) is 4.45. The van der Waals surface area contributed by atoms with Gasteiger partial charge in [-0.05, 0) is 11.5 Å². The number of hydrogen-bond acceptors (Lipinski definition) is 4. The van der Waals surface area contributed by atoms with E-state index in [4.69, 9.17) is 0 Å². The molecule has 2 aromatic rings. The summed E-state index contributed by atoms with van der Waals surface area (Å²) in [5.74, 6) is -4.59. The number of halogens is 6. The molecule has 0 radical (unpaired) electrons. The molecule has 2 aromatic carbocycles. The van der Waals surface area contributed by atoms with Gasteiger partial charge in [-0.3, -0.25) is 9.59 Å². The molecule has 1 aliphatic rings. The molecule has 1 saturated heterocycles. The van der Waals surface area contributed by atoms with E-state index in [0.29, 0.717) is 19.2 Å². The molecule has 10 heteroatoms. The van der Waals surface area contributed by atoms with Crippen LogP contribution in [0.5, 0.6) is 0 Å². The lowest BCUT2D eigenvalue weighted by Gasteiger charge is -2.32. The molecular formula is C18H14F6N2O2. The van der Waals surface area contributed by atoms with Crippen LogP contribution in [0.2, 0.25) is 0 Å². The van der Waals surface area contributed by atoms with Crippen LogP contribution in [-0.4, -0.2) is 50.1 Å². The monoisotopic (exact) mass is 404 g/mol. The van der Waals surface area contributed by atoms with Crippen LogP contribution in [0.1, 0.15) is 20.7 Å². The minimum Gasteiger partial charge on any atom is -0.368 e. The van der Waals surface area contributed by atoms with Crippen LogP contribution < -0.4 is 10.2 Å². The van der Waals surface area contributed by atoms with Crippen molar-refractivity contribution in [2.45, 2.75) is 12.4 Å². The first kappa shape index (κ1) is 20.1. The molecule has 0 aliphatic carbocycles. The molecule has 1 N–H and O–H groups in total. The fourth-order valence-electron chi connectivity index (χ4n) is 3.26. The molecule has 1 aliphatic heterocycles. The van der Waals surface area contributed by atoms with Crippen molar-refractivity contribution >= 4 is 28.0 Å². The number of Topliss-reactive ketones (excluding diaryl/α,β-unsaturated/α-hetero) is 2. The summed E-state index contributed by atoms with van der Waals surface area (Å²) in [6.45, 7) is 1.37. The van der Waals surface area contributed by atoms with Gasteiger partial charge in [0.15, 0.2) is 0 Å². The maximum atomic E-state index is 13.2. The number of benzene rings is 2. The highest BCUT2D eigenvalue weighted by molar-refractivity contribution is 6.19. The third kappa shape index (κ3) is 3.68. The largest absolute Gasteiger partial charge is 0.454 e. The van der Waals surface area contributed by atoms with E-state index < -0.39 is 35.0 Å². The number of carbonyl (C=O) groups excluding carboxylic acids is 2. The van der Waals surface area contributed by atoms with E-state index in [1.54, 1.807) is 0 Å². The van der Waals surface area contributed by atoms with Crippen LogP contribution in [0, 0.1) is 0 Å². The molecule has 4 nitrogen and oxygen atoms in total. The lowest BCUT2D eigenvalue weighted by atomic mass is 9.93. The Balaban J connectivity index is 2.36. The van der Waals surface area contributed by atoms with Gasteiger partial charge in [0.1, 0.15) is 0 Å². The van der Waals surface area contributed by atoms with Gasteiger partial charge >= 0.3 is 12.4 Å². The predicted molar refractivity (Wildman–Crippen MR) is 89.8 cm³/mol. The second kappa shape index (κ2) is 7.08. The molecule has 150 valence electrons. The van der Waals surface area contributed by atoms with Crippen molar-refractivity contribution < 1.29 is 35.9 Å². The molecule has 0 saturated carbocycles. The lowest BCUT2D eigenvalue weighted by Crippen LogP contribution is -2.44. The first-order valence-electron chi connectivity index (χ1n) is 8.26. The molecule has 0 unspecified atom stereocenters. The highest BCUT2D eigenvalue weighted by Crippen LogP contribution is 2.38. The number of ketones is 2. The van der Waals surface area contributed by atoms with Crippen LogP contribution in [0.25, 0.3) is 10.8 Å². The average Bonchev–Trinajstić information content (AvgIpc) is 2.64. The average molecular weight is 404 g/mol. The van der Waals surface area contributed by atoms with Crippen molar-refractivity contribution in [3.05, 3.63) is 41.5 Å². The molecule has 1 heterocycles. The highest BCUT2D eigenvalue weighted by Gasteiger charge is 2.44. The number of alkyl halides is 6. The van der Waals surface area contributed by atoms with Gasteiger partial charge in [-0.2, -0.15) is 26.3 Å². The molecule has 1 fully saturated rings. The van der Waals surface area contributed by atoms with E-state index in [-0.39, 0.29) is 29.5 Å². The minimum absolute atomic E-state index is 0.00731. The van der Waals surface area contributed by atoms with Gasteiger partial charge in [-0.25, -0.2) is 0 Å². The second-order valence-electron chi connectivity index (χ2n) is 6.26. The van der Waals surface area contributed by atoms with Crippen LogP contribution >= 0.6 is 0 Å². The zero-order valence-electron chi connectivity index (χ0n) is 14.2. The van der Waals surface area contributed by atoms with E-state index in [2.05, 4.69) is 5.32 Å². The fraction of sp³-hybridized carbons (Fsp3) is 0.333. The van der Waals surface area contributed by atoms with Crippen molar-refractivity contribution in [2.75, 3.05) is 31.1 Å². The Bertz CT molecular complexity index is 930. The van der Waals surface area contributed by atoms with Crippen LogP contribution in [0.15, 0.2) is 30.3 Å². The van der Waals surface area contributed by atoms with E-state index in [1.165, 1.54) is 29.2 Å². The Morgan fingerprint density at radius 2 is 1.32 bits per heavy atom. The van der Waals surface area contributed by atoms with E-state index in [1.807, 2.05) is 0 Å². The summed E-state index contributed by atoms with van der Waals surface area (Å²) in [5, 5.41) is 2.85. The van der Waals surface area contributed by atoms with Crippen molar-refractivity contribution in [3.63, 3.8) is 0 Å². The Morgan fingerprint density at radius 1 is 0.821 bits per heavy atom. The summed E-state index contributed by atoms with van der Waals surface area (Å²) in [4.78, 5) is 25.4. The Hall–Kier alpha value is -2.62. The highest BCUT2D eigenvalue weighted by atomic mass is 19.4. The van der Waals surface area contributed by atoms with Crippen molar-refractivity contribution in [2.24, 2.45) is 0 Å². The van der Waals surface area contributed by atoms with Gasteiger partial charge < -0.3 is 10.2 Å². The summed E-state index contributed by atoms with van der Waals surface area (Å²) < 4.78 is 78.5. The van der Waals surface area contributed by atoms with E-state index >= 15 is 0 Å². The molecule has 0 amide bonds. The third-order valence-corrected chi connectivity index (χ3v) is 4.45. The zero-order valence-corrected chi connectivity index (χ0v) is 14.2. The second-order valence-corrected chi connectivity index (χ2v) is 6.26. The molecular weight excluding hydrogens is 390 g/mol. The van der Waals surface area contributed by atoms with Gasteiger partial charge in [-0.1, -0.05) is 24.3 Å². The van der Waals surface area contributed by atoms with E-state index in [9.17, 15) is 35.9 Å². The standard InChI is InChI=1S/C18H14F6N2O2/c19-17(20,21)15(27)12-9-13(16(28)18(22,23)24)14(26-7-5-25-6-8-26)11-4-2-1-3-10(11)12/h1-4,9,25H,5-8H2. The maximum absolute atomic E-state index is 13.2. The van der Waals surface area contributed by atoms with E-state index in [0.717, 1.165) is 0 Å². The quantitative estimate of drug-likeness (QED) is 0.626. The zero-order chi connectivity index (χ0) is 20.7. The summed E-state index contributed by atoms with van der Waals surface area (Å²) in [7, 11) is 0. The van der Waals surface area contributed by atoms with Gasteiger partial charge in [0.2, 0.25) is 0 Å². The number of nitrogens with zero attached hydrogens (tertiary/aromatic N) is 1. The molecule has 28 heavy (non-hydrogen) atoms. The molecule has 0 aromatic heterocycles. The Morgan fingerprint density at radius 3 is 1.86 bits per heavy atom. The maximum Gasteiger partial charge on any atom is 0.454 e. The van der Waals surface area contributed by atoms with Gasteiger partial charge in [0.25, 0.3) is 11.6 Å². The SMILES string of the molecule is O=C(c1cc(C(=O)C(F)(F)F)c2ccccc2c1N1CCNCC1)C(F)(F)F. The summed E-state index contributed by atoms with van der Waals surface area (Å²) in [6, 6.07) is 5.76. The van der Waals surface area contributed by atoms with Gasteiger partial charge in [-0.15, -0.1) is 0 Å². The summed E-state index contributed by atoms with van der Waals surface area (Å²) >= 11 is 0. The normalized spacial score (nSPS) is 15.7. The lowest BCUT2D eigenvalue weighted by molar-refractivity contribution is -0.0886. The molecule has 0 bridgehead atoms. The molecule has 0 spiro atoms. The summed E-state index contributed by atoms with van der Waals surface area (Å²) in [5.41, 5.74) is -2.05. The number of rotatable bonds is 3. The summed E-state index contributed by atoms with van der Waals surface area (Å²) in [6.07, 6.45) is -10.6. The number of piperazine rings is 1. The first-order valence-corrected chi connectivity index (χ1v) is 8.26. The molecule has 3 rings (SSSR count). The Labute approximate surface area is 155 Å². The number of carbonyl (C=O) groups is 2. The first-order chi connectivity index (χ1) is 13.0. The minimum atomic E-state index is -5.30. The van der Waals surface area contributed by atoms with Crippen molar-refractivity contribution in [3.8, 4) is 0 Å².